The molecule has 0 spiro atoms. The zero-order valence-corrected chi connectivity index (χ0v) is 44.5. The maximum Gasteiger partial charge on any atom is 0.303 e. The van der Waals surface area contributed by atoms with Crippen molar-refractivity contribution in [3.63, 3.8) is 0 Å². The number of aliphatic hydroxyl groups excluding tert-OH is 1. The number of likely N-dealkylation sites (tertiary alicyclic amines) is 1. The molecule has 8 amide bonds. The Morgan fingerprint density at radius 1 is 0.733 bits per heavy atom. The van der Waals surface area contributed by atoms with Gasteiger partial charge in [0.2, 0.25) is 47.3 Å². The Bertz CT molecular complexity index is 2350. The molecule has 14 N–H and O–H groups in total. The summed E-state index contributed by atoms with van der Waals surface area (Å²) in [6, 6.07) is -0.822. The monoisotopic (exact) mass is 1110 g/mol. The van der Waals surface area contributed by atoms with Crippen LogP contribution >= 0.6 is 36.9 Å². The standard InChI is InChI=1S/C48H69ClN10O14S2/c1-24(2)15-33(45(70)57-36(22-74)25(3)60)53-40(64)20-52-43(68)34(18-27-7-11-39(63)30(49)16-27)56-47(72)38-19-29(62)21-59(38)48(73)37(23-75)58-44(69)32(10-12-41(65)66)54-46(71)35(17-26-5-8-28(61)9-6-26)55-42(67)31(50)13-14-51-4/h5-9,11,16,24,29,31-38,51,61-63,74-75H,10,12-15,17-23,50H2,1-4H3,(H,52,68)(H,53,64)(H,54,71)(H,55,67)(H,56,72)(H,57,70)(H,58,69)(H,65,66)/t29?,31-,32+,33-,34-,35-,36-,37-,38?/m0/s1. The van der Waals surface area contributed by atoms with Crippen LogP contribution in [-0.4, -0.2) is 177 Å². The minimum Gasteiger partial charge on any atom is -0.508 e. The van der Waals surface area contributed by atoms with Crippen LogP contribution < -0.4 is 48.3 Å². The first-order chi connectivity index (χ1) is 35.4. The van der Waals surface area contributed by atoms with Gasteiger partial charge in [-0.25, -0.2) is 0 Å². The van der Waals surface area contributed by atoms with Crippen molar-refractivity contribution < 1.29 is 68.4 Å². The highest BCUT2D eigenvalue weighted by Gasteiger charge is 2.43. The van der Waals surface area contributed by atoms with E-state index in [4.69, 9.17) is 17.3 Å². The number of hydrogen-bond donors (Lipinski definition) is 15. The summed E-state index contributed by atoms with van der Waals surface area (Å²) in [5.41, 5.74) is 6.86. The molecule has 0 bridgehead atoms. The number of nitrogens with two attached hydrogens (primary N) is 1. The van der Waals surface area contributed by atoms with Gasteiger partial charge in [-0.3, -0.25) is 47.9 Å². The number of aromatic hydroxyl groups is 2. The average molecular weight is 1110 g/mol. The zero-order valence-electron chi connectivity index (χ0n) is 42.0. The lowest BCUT2D eigenvalue weighted by Gasteiger charge is -2.30. The number of β-amino-alcohol motifs (C(OH)–C–C–N with tert-alkyl or cyclic N) is 1. The number of benzene rings is 2. The van der Waals surface area contributed by atoms with Crippen molar-refractivity contribution >= 4 is 95.9 Å². The molecule has 2 aromatic carbocycles. The van der Waals surface area contributed by atoms with E-state index in [-0.39, 0.29) is 66.1 Å². The van der Waals surface area contributed by atoms with Crippen molar-refractivity contribution in [1.29, 1.82) is 0 Å². The Morgan fingerprint density at radius 2 is 1.29 bits per heavy atom. The minimum atomic E-state index is -1.62. The van der Waals surface area contributed by atoms with E-state index in [9.17, 15) is 68.4 Å². The van der Waals surface area contributed by atoms with Crippen LogP contribution in [0.15, 0.2) is 42.5 Å². The number of phenols is 2. The van der Waals surface area contributed by atoms with Crippen LogP contribution in [0.1, 0.15) is 64.0 Å². The highest BCUT2D eigenvalue weighted by atomic mass is 35.5. The number of thiol groups is 2. The number of carboxylic acids is 1. The summed E-state index contributed by atoms with van der Waals surface area (Å²) in [5.74, 6) is -9.41. The molecule has 1 aliphatic heterocycles. The topological polar surface area (TPSA) is 377 Å². The average Bonchev–Trinajstić information content (AvgIpc) is 3.76. The number of amides is 8. The molecule has 1 saturated heterocycles. The molecule has 9 atom stereocenters. The summed E-state index contributed by atoms with van der Waals surface area (Å²) in [5, 5.41) is 60.5. The fourth-order valence-corrected chi connectivity index (χ4v) is 8.54. The van der Waals surface area contributed by atoms with Crippen LogP contribution in [-0.2, 0) is 60.8 Å². The summed E-state index contributed by atoms with van der Waals surface area (Å²) in [7, 11) is 1.66. The molecule has 2 unspecified atom stereocenters. The maximum absolute atomic E-state index is 14.2. The van der Waals surface area contributed by atoms with Crippen molar-refractivity contribution in [3.05, 3.63) is 58.6 Å². The van der Waals surface area contributed by atoms with E-state index in [2.05, 4.69) is 67.8 Å². The molecule has 1 aliphatic rings. The lowest BCUT2D eigenvalue weighted by molar-refractivity contribution is -0.142. The molecule has 0 radical (unpaired) electrons. The van der Waals surface area contributed by atoms with Crippen molar-refractivity contribution in [2.24, 2.45) is 11.7 Å². The van der Waals surface area contributed by atoms with Gasteiger partial charge < -0.3 is 73.6 Å². The summed E-state index contributed by atoms with van der Waals surface area (Å²) < 4.78 is 0. The third-order valence-electron chi connectivity index (χ3n) is 11.8. The summed E-state index contributed by atoms with van der Waals surface area (Å²) in [4.78, 5) is 134. The smallest absolute Gasteiger partial charge is 0.303 e. The molecule has 0 saturated carbocycles. The predicted octanol–water partition coefficient (Wildman–Crippen LogP) is -2.18. The molecular weight excluding hydrogens is 1040 g/mol. The molecule has 1 fully saturated rings. The predicted molar refractivity (Wildman–Crippen MR) is 281 cm³/mol. The maximum atomic E-state index is 14.2. The third-order valence-corrected chi connectivity index (χ3v) is 12.9. The molecule has 3 rings (SSSR count). The van der Waals surface area contributed by atoms with Crippen LogP contribution in [0, 0.1) is 5.92 Å². The van der Waals surface area contributed by atoms with Gasteiger partial charge in [0.15, 0.2) is 5.78 Å². The first-order valence-corrected chi connectivity index (χ1v) is 25.7. The zero-order chi connectivity index (χ0) is 56.1. The number of carboxylic acid groups (broad SMARTS) is 1. The van der Waals surface area contributed by atoms with Gasteiger partial charge in [-0.05, 0) is 81.1 Å². The van der Waals surface area contributed by atoms with E-state index in [1.807, 2.05) is 13.8 Å². The molecule has 75 heavy (non-hydrogen) atoms. The Morgan fingerprint density at radius 3 is 1.88 bits per heavy atom. The van der Waals surface area contributed by atoms with E-state index in [1.54, 1.807) is 7.05 Å². The summed E-state index contributed by atoms with van der Waals surface area (Å²) in [6.45, 7) is 4.15. The highest BCUT2D eigenvalue weighted by molar-refractivity contribution is 7.80. The van der Waals surface area contributed by atoms with Crippen LogP contribution in [0.25, 0.3) is 0 Å². The second kappa shape index (κ2) is 31.0. The number of hydrogen-bond acceptors (Lipinski definition) is 17. The lowest BCUT2D eigenvalue weighted by atomic mass is 10.0. The van der Waals surface area contributed by atoms with Crippen LogP contribution in [0.4, 0.5) is 0 Å². The van der Waals surface area contributed by atoms with Crippen LogP contribution in [0.5, 0.6) is 11.5 Å². The van der Waals surface area contributed by atoms with E-state index < -0.39 is 139 Å². The first kappa shape index (κ1) is 63.1. The van der Waals surface area contributed by atoms with Crippen molar-refractivity contribution in [3.8, 4) is 11.5 Å². The molecule has 0 aliphatic carbocycles. The fraction of sp³-hybridized carbons (Fsp3) is 0.542. The summed E-state index contributed by atoms with van der Waals surface area (Å²) >= 11 is 14.5. The van der Waals surface area contributed by atoms with E-state index in [1.165, 1.54) is 49.4 Å². The third kappa shape index (κ3) is 20.8. The number of nitrogens with zero attached hydrogens (tertiary/aromatic N) is 1. The Balaban J connectivity index is 1.85. The van der Waals surface area contributed by atoms with Crippen LogP contribution in [0.2, 0.25) is 5.02 Å². The van der Waals surface area contributed by atoms with Gasteiger partial charge in [-0.1, -0.05) is 43.6 Å². The number of rotatable bonds is 30. The molecule has 1 heterocycles. The first-order valence-electron chi connectivity index (χ1n) is 24.0. The van der Waals surface area contributed by atoms with Gasteiger partial charge in [0, 0.05) is 43.7 Å². The fourth-order valence-electron chi connectivity index (χ4n) is 7.74. The molecule has 0 aromatic heterocycles. The Hall–Kier alpha value is -6.19. The number of carbonyl (C=O) groups excluding carboxylic acids is 9. The number of halogens is 1. The van der Waals surface area contributed by atoms with Gasteiger partial charge in [-0.15, -0.1) is 0 Å². The van der Waals surface area contributed by atoms with Crippen LogP contribution in [0.3, 0.4) is 0 Å². The van der Waals surface area contributed by atoms with E-state index in [0.717, 1.165) is 4.90 Å². The van der Waals surface area contributed by atoms with Crippen molar-refractivity contribution in [2.45, 2.75) is 120 Å². The highest BCUT2D eigenvalue weighted by Crippen LogP contribution is 2.25. The SMILES string of the molecule is CNCC[C@H](N)C(=O)N[C@@H](Cc1ccc(O)cc1)C(=O)N[C@H](CCC(=O)O)C(=O)N[C@@H](CS)C(=O)N1CC(O)CC1C(=O)N[C@@H](Cc1ccc(O)c(Cl)c1)C(=O)NCC(=O)N[C@@H](CC(C)C)C(=O)N[C@@H](CS)C(C)=O. The number of aliphatic carboxylic acids is 1. The normalized spacial score (nSPS) is 17.0. The van der Waals surface area contributed by atoms with Crippen molar-refractivity contribution in [2.75, 3.05) is 38.2 Å². The van der Waals surface area contributed by atoms with Gasteiger partial charge in [0.25, 0.3) is 0 Å². The number of aliphatic hydroxyl groups is 1. The Kier molecular flexibility index (Phi) is 26.1. The van der Waals surface area contributed by atoms with Gasteiger partial charge in [0.05, 0.1) is 29.8 Å². The van der Waals surface area contributed by atoms with Gasteiger partial charge >= 0.3 is 5.97 Å². The largest absolute Gasteiger partial charge is 0.508 e. The molecular formula is C48H69ClN10O14S2. The van der Waals surface area contributed by atoms with E-state index >= 15 is 0 Å². The van der Waals surface area contributed by atoms with Crippen molar-refractivity contribution in [1.82, 2.24) is 47.4 Å². The number of Topliss-reactive ketones (excluding diaryl/α,β-unsaturated/α-hetero) is 1. The lowest BCUT2D eigenvalue weighted by Crippen LogP contribution is -2.60. The minimum absolute atomic E-state index is 0.0127. The molecule has 24 nitrogen and oxygen atoms in total. The molecule has 27 heteroatoms. The number of ketones is 1. The molecule has 2 aromatic rings. The van der Waals surface area contributed by atoms with E-state index in [0.29, 0.717) is 17.7 Å². The summed E-state index contributed by atoms with van der Waals surface area (Å²) in [6.07, 6.45) is -2.80. The van der Waals surface area contributed by atoms with Gasteiger partial charge in [-0.2, -0.15) is 25.3 Å². The second-order valence-corrected chi connectivity index (χ2v) is 19.6. The quantitative estimate of drug-likeness (QED) is 0.0370. The number of phenolic OH excluding ortho intramolecular Hbond substituents is 2. The number of nitrogens with one attached hydrogen (secondary N) is 8. The molecule has 414 valence electrons. The number of carbonyl (C=O) groups is 10. The second-order valence-electron chi connectivity index (χ2n) is 18.4. The van der Waals surface area contributed by atoms with Gasteiger partial charge in [0.1, 0.15) is 47.8 Å². The Labute approximate surface area is 450 Å².